The van der Waals surface area contributed by atoms with Gasteiger partial charge in [0, 0.05) is 11.1 Å². The van der Waals surface area contributed by atoms with Crippen LogP contribution in [-0.4, -0.2) is 41.0 Å². The molecule has 138 valence electrons. The molecular weight excluding hydrogens is 320 g/mol. The first-order chi connectivity index (χ1) is 11.7. The Morgan fingerprint density at radius 1 is 1.36 bits per heavy atom. The Balaban J connectivity index is 1.61. The third-order valence-electron chi connectivity index (χ3n) is 6.81. The van der Waals surface area contributed by atoms with Gasteiger partial charge in [-0.2, -0.15) is 5.10 Å². The van der Waals surface area contributed by atoms with Crippen LogP contribution < -0.4 is 10.7 Å². The number of rotatable bonds is 5. The summed E-state index contributed by atoms with van der Waals surface area (Å²) in [6.07, 6.45) is 4.58. The molecule has 2 N–H and O–H groups in total. The summed E-state index contributed by atoms with van der Waals surface area (Å²) in [5, 5.41) is 6.99. The van der Waals surface area contributed by atoms with Crippen LogP contribution in [0.1, 0.15) is 59.8 Å². The van der Waals surface area contributed by atoms with Crippen molar-refractivity contribution in [2.75, 3.05) is 6.54 Å². The number of urea groups is 1. The van der Waals surface area contributed by atoms with E-state index in [0.29, 0.717) is 12.3 Å². The van der Waals surface area contributed by atoms with Crippen LogP contribution in [0, 0.1) is 16.7 Å². The lowest BCUT2D eigenvalue weighted by atomic mass is 9.70. The van der Waals surface area contributed by atoms with Gasteiger partial charge in [0.15, 0.2) is 0 Å². The molecule has 7 nitrogen and oxygen atoms in total. The average Bonchev–Trinajstić information content (AvgIpc) is 3.01. The fourth-order valence-electron chi connectivity index (χ4n) is 4.62. The van der Waals surface area contributed by atoms with Gasteiger partial charge in [-0.05, 0) is 37.0 Å². The van der Waals surface area contributed by atoms with Crippen molar-refractivity contribution in [3.05, 3.63) is 0 Å². The van der Waals surface area contributed by atoms with E-state index in [-0.39, 0.29) is 23.3 Å². The summed E-state index contributed by atoms with van der Waals surface area (Å²) in [6, 6.07) is -1.01. The van der Waals surface area contributed by atoms with Crippen LogP contribution in [0.5, 0.6) is 0 Å². The Morgan fingerprint density at radius 3 is 2.64 bits per heavy atom. The molecule has 3 atom stereocenters. The highest BCUT2D eigenvalue weighted by Gasteiger charge is 2.60. The maximum Gasteiger partial charge on any atom is 0.325 e. The van der Waals surface area contributed by atoms with Gasteiger partial charge < -0.3 is 5.32 Å². The zero-order valence-electron chi connectivity index (χ0n) is 15.5. The normalized spacial score (nSPS) is 34.7. The second-order valence-electron chi connectivity index (χ2n) is 8.30. The molecule has 0 aromatic carbocycles. The Kier molecular flexibility index (Phi) is 4.37. The Bertz CT molecular complexity index is 642. The second kappa shape index (κ2) is 6.11. The maximum absolute atomic E-state index is 12.2. The minimum Gasteiger partial charge on any atom is -0.326 e. The summed E-state index contributed by atoms with van der Waals surface area (Å²) in [5.74, 6) is -0.158. The number of hydrogen-bond acceptors (Lipinski definition) is 4. The quantitative estimate of drug-likeness (QED) is 0.588. The number of imide groups is 1. The summed E-state index contributed by atoms with van der Waals surface area (Å²) in [5.41, 5.74) is 3.79. The molecule has 3 fully saturated rings. The molecule has 0 radical (unpaired) electrons. The highest BCUT2D eigenvalue weighted by Crippen LogP contribution is 2.63. The molecule has 2 saturated carbocycles. The molecule has 0 aromatic rings. The summed E-state index contributed by atoms with van der Waals surface area (Å²) in [7, 11) is 0. The Hall–Kier alpha value is -1.92. The largest absolute Gasteiger partial charge is 0.326 e. The van der Waals surface area contributed by atoms with Crippen LogP contribution in [0.4, 0.5) is 4.79 Å². The van der Waals surface area contributed by atoms with Crippen molar-refractivity contribution in [3.63, 3.8) is 0 Å². The number of nitrogens with one attached hydrogen (secondary N) is 2. The van der Waals surface area contributed by atoms with Crippen LogP contribution in [0.3, 0.4) is 0 Å². The number of hydrogen-bond donors (Lipinski definition) is 2. The van der Waals surface area contributed by atoms with Crippen LogP contribution in [0.15, 0.2) is 5.10 Å². The Morgan fingerprint density at radius 2 is 2.08 bits per heavy atom. The van der Waals surface area contributed by atoms with Gasteiger partial charge in [-0.3, -0.25) is 14.5 Å². The molecule has 2 bridgehead atoms. The fourth-order valence-corrected chi connectivity index (χ4v) is 4.62. The third-order valence-corrected chi connectivity index (χ3v) is 6.81. The monoisotopic (exact) mass is 348 g/mol. The van der Waals surface area contributed by atoms with Gasteiger partial charge in [0.1, 0.15) is 12.6 Å². The SMILES string of the molecule is CCCC1NC(=O)N(CC(=O)N/N=C2\CC3CCC2(C)C3(C)C)C1=O. The van der Waals surface area contributed by atoms with E-state index in [1.54, 1.807) is 0 Å². The van der Waals surface area contributed by atoms with Crippen LogP contribution in [-0.2, 0) is 9.59 Å². The molecule has 4 amide bonds. The summed E-state index contributed by atoms with van der Waals surface area (Å²) in [4.78, 5) is 37.2. The lowest BCUT2D eigenvalue weighted by Gasteiger charge is -2.34. The number of carbonyl (C=O) groups excluding carboxylic acids is 3. The first-order valence-electron chi connectivity index (χ1n) is 9.18. The average molecular weight is 348 g/mol. The number of carbonyl (C=O) groups is 3. The van der Waals surface area contributed by atoms with E-state index in [1.807, 2.05) is 6.92 Å². The Labute approximate surface area is 148 Å². The van der Waals surface area contributed by atoms with E-state index in [1.165, 1.54) is 6.42 Å². The second-order valence-corrected chi connectivity index (χ2v) is 8.30. The van der Waals surface area contributed by atoms with E-state index in [4.69, 9.17) is 0 Å². The number of nitrogens with zero attached hydrogens (tertiary/aromatic N) is 2. The van der Waals surface area contributed by atoms with Crippen molar-refractivity contribution >= 4 is 23.6 Å². The molecule has 1 heterocycles. The highest BCUT2D eigenvalue weighted by atomic mass is 16.2. The van der Waals surface area contributed by atoms with Crippen molar-refractivity contribution in [2.45, 2.75) is 65.8 Å². The van der Waals surface area contributed by atoms with Crippen LogP contribution in [0.2, 0.25) is 0 Å². The van der Waals surface area contributed by atoms with Gasteiger partial charge in [-0.25, -0.2) is 10.2 Å². The number of hydrazone groups is 1. The third kappa shape index (κ3) is 2.73. The minimum atomic E-state index is -0.512. The molecule has 1 aliphatic heterocycles. The van der Waals surface area contributed by atoms with Crippen LogP contribution >= 0.6 is 0 Å². The van der Waals surface area contributed by atoms with Gasteiger partial charge in [0.05, 0.1) is 0 Å². The van der Waals surface area contributed by atoms with E-state index in [0.717, 1.165) is 29.9 Å². The zero-order valence-corrected chi connectivity index (χ0v) is 15.5. The molecule has 2 aliphatic carbocycles. The fraction of sp³-hybridized carbons (Fsp3) is 0.778. The van der Waals surface area contributed by atoms with Gasteiger partial charge in [-0.1, -0.05) is 34.1 Å². The predicted octanol–water partition coefficient (Wildman–Crippen LogP) is 2.03. The smallest absolute Gasteiger partial charge is 0.325 e. The van der Waals surface area contributed by atoms with Crippen molar-refractivity contribution in [3.8, 4) is 0 Å². The predicted molar refractivity (Wildman–Crippen MR) is 93.7 cm³/mol. The molecule has 0 aromatic heterocycles. The van der Waals surface area contributed by atoms with E-state index < -0.39 is 18.0 Å². The van der Waals surface area contributed by atoms with Crippen LogP contribution in [0.25, 0.3) is 0 Å². The summed E-state index contributed by atoms with van der Waals surface area (Å²) in [6.45, 7) is 8.43. The lowest BCUT2D eigenvalue weighted by molar-refractivity contribution is -0.132. The van der Waals surface area contributed by atoms with E-state index >= 15 is 0 Å². The van der Waals surface area contributed by atoms with Crippen molar-refractivity contribution in [2.24, 2.45) is 21.8 Å². The summed E-state index contributed by atoms with van der Waals surface area (Å²) >= 11 is 0. The van der Waals surface area contributed by atoms with Crippen molar-refractivity contribution in [1.82, 2.24) is 15.6 Å². The molecule has 3 aliphatic rings. The maximum atomic E-state index is 12.2. The lowest BCUT2D eigenvalue weighted by Crippen LogP contribution is -2.41. The van der Waals surface area contributed by atoms with Gasteiger partial charge in [0.2, 0.25) is 0 Å². The topological polar surface area (TPSA) is 90.9 Å². The van der Waals surface area contributed by atoms with Gasteiger partial charge in [0.25, 0.3) is 11.8 Å². The molecule has 3 unspecified atom stereocenters. The first-order valence-corrected chi connectivity index (χ1v) is 9.18. The van der Waals surface area contributed by atoms with Gasteiger partial charge in [-0.15, -0.1) is 0 Å². The number of amides is 4. The molecule has 0 spiro atoms. The molecule has 25 heavy (non-hydrogen) atoms. The van der Waals surface area contributed by atoms with E-state index in [2.05, 4.69) is 36.6 Å². The summed E-state index contributed by atoms with van der Waals surface area (Å²) < 4.78 is 0. The standard InChI is InChI=1S/C18H28N4O3/c1-5-6-12-15(24)22(16(25)19-12)10-14(23)21-20-13-9-11-7-8-18(13,4)17(11,2)3/h11-12H,5-10H2,1-4H3,(H,19,25)(H,21,23)/b20-13+. The molecule has 7 heteroatoms. The molecule has 1 saturated heterocycles. The number of fused-ring (bicyclic) bond motifs is 2. The van der Waals surface area contributed by atoms with Crippen molar-refractivity contribution < 1.29 is 14.4 Å². The highest BCUT2D eigenvalue weighted by molar-refractivity contribution is 6.06. The molecular formula is C18H28N4O3. The van der Waals surface area contributed by atoms with E-state index in [9.17, 15) is 14.4 Å². The van der Waals surface area contributed by atoms with Gasteiger partial charge >= 0.3 is 6.03 Å². The first kappa shape index (κ1) is 17.9. The minimum absolute atomic E-state index is 0.0119. The zero-order chi connectivity index (χ0) is 18.4. The molecule has 3 rings (SSSR count). The van der Waals surface area contributed by atoms with Crippen molar-refractivity contribution in [1.29, 1.82) is 0 Å².